The van der Waals surface area contributed by atoms with Gasteiger partial charge in [-0.2, -0.15) is 5.10 Å². The first-order valence-electron chi connectivity index (χ1n) is 9.68. The Hall–Kier alpha value is -3.68. The summed E-state index contributed by atoms with van der Waals surface area (Å²) in [5.74, 6) is 1.59. The monoisotopic (exact) mass is 388 g/mol. The molecule has 0 unspecified atom stereocenters. The van der Waals surface area contributed by atoms with Crippen LogP contribution in [0.5, 0.6) is 0 Å². The van der Waals surface area contributed by atoms with Crippen LogP contribution in [0.15, 0.2) is 72.1 Å². The van der Waals surface area contributed by atoms with Crippen LogP contribution < -0.4 is 10.6 Å². The first-order chi connectivity index (χ1) is 14.3. The smallest absolute Gasteiger partial charge is 0.191 e. The summed E-state index contributed by atoms with van der Waals surface area (Å²) < 4.78 is 3.88. The Kier molecular flexibility index (Phi) is 5.80. The van der Waals surface area contributed by atoms with Gasteiger partial charge < -0.3 is 10.6 Å². The third kappa shape index (κ3) is 4.78. The van der Waals surface area contributed by atoms with Crippen molar-refractivity contribution in [1.29, 1.82) is 0 Å². The maximum absolute atomic E-state index is 4.72. The van der Waals surface area contributed by atoms with E-state index in [1.54, 1.807) is 6.20 Å². The van der Waals surface area contributed by atoms with Crippen LogP contribution in [0.3, 0.4) is 0 Å². The van der Waals surface area contributed by atoms with Crippen LogP contribution in [-0.4, -0.2) is 36.9 Å². The molecule has 3 heterocycles. The molecule has 8 nitrogen and oxygen atoms in total. The van der Waals surface area contributed by atoms with Crippen LogP contribution in [0.1, 0.15) is 23.9 Å². The number of rotatable bonds is 7. The number of benzene rings is 1. The Balaban J connectivity index is 1.41. The molecule has 0 aliphatic heterocycles. The van der Waals surface area contributed by atoms with Crippen molar-refractivity contribution in [2.75, 3.05) is 6.54 Å². The quantitative estimate of drug-likeness (QED) is 0.375. The molecule has 0 saturated heterocycles. The SMILES string of the molecule is CCNC(=NCc1cccc(Cn2cccn2)c1)NCc1nnc2ccccn12. The number of nitrogens with one attached hydrogen (secondary N) is 2. The number of fused-ring (bicyclic) bond motifs is 1. The highest BCUT2D eigenvalue weighted by atomic mass is 15.3. The fourth-order valence-electron chi connectivity index (χ4n) is 3.09. The van der Waals surface area contributed by atoms with Crippen molar-refractivity contribution in [1.82, 2.24) is 35.0 Å². The Morgan fingerprint density at radius 3 is 2.79 bits per heavy atom. The van der Waals surface area contributed by atoms with E-state index in [-0.39, 0.29) is 0 Å². The molecule has 0 aliphatic carbocycles. The van der Waals surface area contributed by atoms with Gasteiger partial charge in [-0.05, 0) is 36.2 Å². The van der Waals surface area contributed by atoms with Crippen LogP contribution in [0.2, 0.25) is 0 Å². The average molecular weight is 388 g/mol. The van der Waals surface area contributed by atoms with Crippen molar-refractivity contribution in [2.45, 2.75) is 26.6 Å². The highest BCUT2D eigenvalue weighted by Gasteiger charge is 2.06. The van der Waals surface area contributed by atoms with Gasteiger partial charge in [0.25, 0.3) is 0 Å². The molecule has 0 bridgehead atoms. The Morgan fingerprint density at radius 2 is 1.93 bits per heavy atom. The van der Waals surface area contributed by atoms with Gasteiger partial charge >= 0.3 is 0 Å². The van der Waals surface area contributed by atoms with Crippen molar-refractivity contribution in [3.8, 4) is 0 Å². The highest BCUT2D eigenvalue weighted by molar-refractivity contribution is 5.79. The molecule has 29 heavy (non-hydrogen) atoms. The lowest BCUT2D eigenvalue weighted by Crippen LogP contribution is -2.37. The van der Waals surface area contributed by atoms with E-state index in [2.05, 4.69) is 50.2 Å². The fraction of sp³-hybridized carbons (Fsp3) is 0.238. The molecule has 1 aromatic carbocycles. The molecular weight excluding hydrogens is 364 g/mol. The molecule has 0 saturated carbocycles. The van der Waals surface area contributed by atoms with E-state index in [0.717, 1.165) is 36.1 Å². The van der Waals surface area contributed by atoms with E-state index in [1.807, 2.05) is 52.7 Å². The molecule has 0 fully saturated rings. The first kappa shape index (κ1) is 18.7. The van der Waals surface area contributed by atoms with Gasteiger partial charge in [0.15, 0.2) is 17.4 Å². The summed E-state index contributed by atoms with van der Waals surface area (Å²) in [5.41, 5.74) is 3.19. The van der Waals surface area contributed by atoms with Gasteiger partial charge in [0.05, 0.1) is 19.6 Å². The second kappa shape index (κ2) is 9.01. The van der Waals surface area contributed by atoms with Crippen LogP contribution in [-0.2, 0) is 19.6 Å². The maximum atomic E-state index is 4.72. The molecule has 0 spiro atoms. The topological polar surface area (TPSA) is 84.4 Å². The predicted octanol–water partition coefficient (Wildman–Crippen LogP) is 2.23. The average Bonchev–Trinajstić information content (AvgIpc) is 3.40. The third-order valence-corrected chi connectivity index (χ3v) is 4.46. The zero-order valence-electron chi connectivity index (χ0n) is 16.4. The molecule has 3 aromatic heterocycles. The minimum atomic E-state index is 0.538. The first-order valence-corrected chi connectivity index (χ1v) is 9.68. The van der Waals surface area contributed by atoms with E-state index in [0.29, 0.717) is 13.1 Å². The number of pyridine rings is 1. The lowest BCUT2D eigenvalue weighted by atomic mass is 10.1. The van der Waals surface area contributed by atoms with Gasteiger partial charge in [-0.25, -0.2) is 4.99 Å². The predicted molar refractivity (Wildman–Crippen MR) is 112 cm³/mol. The number of hydrogen-bond donors (Lipinski definition) is 2. The number of guanidine groups is 1. The molecule has 0 atom stereocenters. The van der Waals surface area contributed by atoms with E-state index < -0.39 is 0 Å². The Labute approximate surface area is 169 Å². The van der Waals surface area contributed by atoms with E-state index in [1.165, 1.54) is 5.56 Å². The van der Waals surface area contributed by atoms with Crippen molar-refractivity contribution < 1.29 is 0 Å². The number of aliphatic imine (C=N–C) groups is 1. The normalized spacial score (nSPS) is 11.7. The zero-order valence-corrected chi connectivity index (χ0v) is 16.4. The van der Waals surface area contributed by atoms with Crippen molar-refractivity contribution in [3.63, 3.8) is 0 Å². The molecule has 148 valence electrons. The van der Waals surface area contributed by atoms with E-state index in [9.17, 15) is 0 Å². The minimum absolute atomic E-state index is 0.538. The molecule has 4 aromatic rings. The Bertz CT molecular complexity index is 1080. The van der Waals surface area contributed by atoms with Gasteiger partial charge in [0, 0.05) is 25.1 Å². The minimum Gasteiger partial charge on any atom is -0.357 e. The van der Waals surface area contributed by atoms with Gasteiger partial charge in [-0.15, -0.1) is 10.2 Å². The number of nitrogens with zero attached hydrogens (tertiary/aromatic N) is 6. The van der Waals surface area contributed by atoms with Gasteiger partial charge in [-0.1, -0.05) is 30.3 Å². The summed E-state index contributed by atoms with van der Waals surface area (Å²) in [6.45, 7) is 4.71. The lowest BCUT2D eigenvalue weighted by molar-refractivity contribution is 0.686. The summed E-state index contributed by atoms with van der Waals surface area (Å²) in [6.07, 6.45) is 5.72. The van der Waals surface area contributed by atoms with Crippen molar-refractivity contribution in [3.05, 3.63) is 84.1 Å². The highest BCUT2D eigenvalue weighted by Crippen LogP contribution is 2.08. The molecule has 0 amide bonds. The zero-order chi connectivity index (χ0) is 19.9. The van der Waals surface area contributed by atoms with E-state index >= 15 is 0 Å². The molecule has 8 heteroatoms. The summed E-state index contributed by atoms with van der Waals surface area (Å²) in [4.78, 5) is 4.72. The van der Waals surface area contributed by atoms with Crippen molar-refractivity contribution >= 4 is 11.6 Å². The number of aromatic nitrogens is 5. The van der Waals surface area contributed by atoms with Crippen LogP contribution in [0.4, 0.5) is 0 Å². The second-order valence-corrected chi connectivity index (χ2v) is 6.62. The lowest BCUT2D eigenvalue weighted by Gasteiger charge is -2.11. The van der Waals surface area contributed by atoms with Crippen LogP contribution in [0, 0.1) is 0 Å². The van der Waals surface area contributed by atoms with Crippen LogP contribution >= 0.6 is 0 Å². The van der Waals surface area contributed by atoms with Gasteiger partial charge in [-0.3, -0.25) is 9.08 Å². The molecule has 0 aliphatic rings. The third-order valence-electron chi connectivity index (χ3n) is 4.46. The van der Waals surface area contributed by atoms with Crippen molar-refractivity contribution in [2.24, 2.45) is 4.99 Å². The summed E-state index contributed by atoms with van der Waals surface area (Å²) in [6, 6.07) is 16.2. The molecule has 4 rings (SSSR count). The fourth-order valence-corrected chi connectivity index (χ4v) is 3.09. The van der Waals surface area contributed by atoms with E-state index in [4.69, 9.17) is 4.99 Å². The van der Waals surface area contributed by atoms with Gasteiger partial charge in [0.2, 0.25) is 0 Å². The summed E-state index contributed by atoms with van der Waals surface area (Å²) in [7, 11) is 0. The number of hydrogen-bond acceptors (Lipinski definition) is 4. The largest absolute Gasteiger partial charge is 0.357 e. The maximum Gasteiger partial charge on any atom is 0.191 e. The molecule has 2 N–H and O–H groups in total. The molecule has 0 radical (unpaired) electrons. The van der Waals surface area contributed by atoms with Crippen LogP contribution in [0.25, 0.3) is 5.65 Å². The second-order valence-electron chi connectivity index (χ2n) is 6.62. The summed E-state index contributed by atoms with van der Waals surface area (Å²) >= 11 is 0. The summed E-state index contributed by atoms with van der Waals surface area (Å²) in [5, 5.41) is 19.3. The van der Waals surface area contributed by atoms with Gasteiger partial charge in [0.1, 0.15) is 0 Å². The molecular formula is C21H24N8. The standard InChI is InChI=1S/C21H24N8/c1-2-22-21(24-15-20-27-26-19-9-3-4-12-29(19)20)23-14-17-7-5-8-18(13-17)16-28-11-6-10-25-28/h3-13H,2,14-16H2,1H3,(H2,22,23,24). The Morgan fingerprint density at radius 1 is 1.00 bits per heavy atom.